The summed E-state index contributed by atoms with van der Waals surface area (Å²) in [6, 6.07) is 8.44. The molecular weight excluding hydrogens is 376 g/mol. The normalized spacial score (nSPS) is 12.2. The first-order valence-corrected chi connectivity index (χ1v) is 10.1. The van der Waals surface area contributed by atoms with E-state index < -0.39 is 0 Å². The van der Waals surface area contributed by atoms with E-state index in [1.54, 1.807) is 7.05 Å². The van der Waals surface area contributed by atoms with Crippen LogP contribution in [-0.4, -0.2) is 59.8 Å². The van der Waals surface area contributed by atoms with Gasteiger partial charge in [-0.05, 0) is 39.8 Å². The van der Waals surface area contributed by atoms with Gasteiger partial charge in [-0.3, -0.25) is 9.89 Å². The van der Waals surface area contributed by atoms with Crippen molar-refractivity contribution >= 4 is 17.6 Å². The number of guanidine groups is 1. The van der Waals surface area contributed by atoms with E-state index >= 15 is 0 Å². The summed E-state index contributed by atoms with van der Waals surface area (Å²) in [5.74, 6) is 1.88. The monoisotopic (exact) mass is 406 g/mol. The second-order valence-electron chi connectivity index (χ2n) is 7.12. The zero-order valence-electron chi connectivity index (χ0n) is 17.4. The number of hydrogen-bond donors (Lipinski definition) is 2. The van der Waals surface area contributed by atoms with Gasteiger partial charge in [0, 0.05) is 55.8 Å². The molecule has 1 aromatic carbocycles. The lowest BCUT2D eigenvalue weighted by atomic mass is 10.2. The lowest BCUT2D eigenvalue weighted by Crippen LogP contribution is -2.45. The van der Waals surface area contributed by atoms with E-state index in [0.717, 1.165) is 24.6 Å². The van der Waals surface area contributed by atoms with Crippen molar-refractivity contribution in [2.75, 3.05) is 26.7 Å². The fourth-order valence-electron chi connectivity index (χ4n) is 3.03. The van der Waals surface area contributed by atoms with Crippen LogP contribution in [0.3, 0.4) is 0 Å². The molecule has 28 heavy (non-hydrogen) atoms. The van der Waals surface area contributed by atoms with Crippen LogP contribution < -0.4 is 10.6 Å². The number of aliphatic imine (C=N–C) groups is 1. The van der Waals surface area contributed by atoms with Crippen molar-refractivity contribution in [3.63, 3.8) is 0 Å². The minimum absolute atomic E-state index is 0.517. The Balaban J connectivity index is 1.77. The Morgan fingerprint density at radius 1 is 1.18 bits per heavy atom. The smallest absolute Gasteiger partial charge is 0.228 e. The maximum Gasteiger partial charge on any atom is 0.228 e. The molecule has 0 radical (unpaired) electrons. The van der Waals surface area contributed by atoms with E-state index in [-0.39, 0.29) is 0 Å². The molecular formula is C20H31ClN6O. The lowest BCUT2D eigenvalue weighted by Gasteiger charge is -2.30. The van der Waals surface area contributed by atoms with E-state index in [1.165, 1.54) is 0 Å². The van der Waals surface area contributed by atoms with Crippen molar-refractivity contribution in [3.8, 4) is 11.4 Å². The van der Waals surface area contributed by atoms with Crippen LogP contribution in [0.25, 0.3) is 11.4 Å². The zero-order valence-corrected chi connectivity index (χ0v) is 18.1. The molecule has 0 spiro atoms. The molecule has 0 bridgehead atoms. The molecule has 2 N–H and O–H groups in total. The molecule has 0 saturated carbocycles. The maximum absolute atomic E-state index is 6.01. The van der Waals surface area contributed by atoms with Crippen LogP contribution in [0, 0.1) is 0 Å². The summed E-state index contributed by atoms with van der Waals surface area (Å²) in [6.07, 6.45) is 0.610. The quantitative estimate of drug-likeness (QED) is 0.491. The molecule has 0 aliphatic rings. The maximum atomic E-state index is 6.01. The highest BCUT2D eigenvalue weighted by Gasteiger charge is 2.13. The van der Waals surface area contributed by atoms with Crippen LogP contribution in [0.4, 0.5) is 0 Å². The number of hydrogen-bond acceptors (Lipinski definition) is 5. The highest BCUT2D eigenvalue weighted by atomic mass is 35.5. The average molecular weight is 407 g/mol. The average Bonchev–Trinajstić information content (AvgIpc) is 3.12. The molecule has 0 aliphatic heterocycles. The van der Waals surface area contributed by atoms with Crippen molar-refractivity contribution in [2.45, 2.75) is 46.2 Å². The first-order valence-electron chi connectivity index (χ1n) is 9.69. The van der Waals surface area contributed by atoms with Crippen molar-refractivity contribution < 1.29 is 4.52 Å². The Bertz CT molecular complexity index is 751. The molecule has 0 saturated heterocycles. The number of aromatic nitrogens is 2. The Morgan fingerprint density at radius 3 is 2.54 bits per heavy atom. The molecule has 0 aliphatic carbocycles. The highest BCUT2D eigenvalue weighted by molar-refractivity contribution is 6.30. The minimum Gasteiger partial charge on any atom is -0.356 e. The van der Waals surface area contributed by atoms with Crippen LogP contribution in [0.15, 0.2) is 33.8 Å². The molecule has 1 aromatic heterocycles. The van der Waals surface area contributed by atoms with Crippen LogP contribution in [0.2, 0.25) is 5.02 Å². The molecule has 154 valence electrons. The molecule has 0 atom stereocenters. The predicted molar refractivity (Wildman–Crippen MR) is 115 cm³/mol. The molecule has 0 unspecified atom stereocenters. The van der Waals surface area contributed by atoms with Crippen molar-refractivity contribution in [1.29, 1.82) is 0 Å². The van der Waals surface area contributed by atoms with Gasteiger partial charge in [-0.2, -0.15) is 4.98 Å². The van der Waals surface area contributed by atoms with Crippen LogP contribution >= 0.6 is 11.6 Å². The number of benzene rings is 1. The molecule has 7 nitrogen and oxygen atoms in total. The van der Waals surface area contributed by atoms with E-state index in [9.17, 15) is 0 Å². The summed E-state index contributed by atoms with van der Waals surface area (Å²) in [5, 5.41) is 11.3. The number of rotatable bonds is 9. The first kappa shape index (κ1) is 22.2. The molecule has 2 rings (SSSR count). The molecule has 2 aromatic rings. The van der Waals surface area contributed by atoms with Gasteiger partial charge in [0.25, 0.3) is 0 Å². The number of nitrogens with zero attached hydrogens (tertiary/aromatic N) is 4. The Morgan fingerprint density at radius 2 is 1.89 bits per heavy atom. The van der Waals surface area contributed by atoms with E-state index in [0.29, 0.717) is 41.8 Å². The summed E-state index contributed by atoms with van der Waals surface area (Å²) >= 11 is 6.01. The van der Waals surface area contributed by atoms with Gasteiger partial charge in [-0.1, -0.05) is 28.9 Å². The largest absolute Gasteiger partial charge is 0.356 e. The fourth-order valence-corrected chi connectivity index (χ4v) is 3.22. The number of nitrogens with one attached hydrogen (secondary N) is 2. The van der Waals surface area contributed by atoms with Gasteiger partial charge < -0.3 is 15.2 Å². The van der Waals surface area contributed by atoms with Gasteiger partial charge in [0.15, 0.2) is 5.96 Å². The van der Waals surface area contributed by atoms with Gasteiger partial charge in [-0.25, -0.2) is 0 Å². The summed E-state index contributed by atoms with van der Waals surface area (Å²) < 4.78 is 5.33. The molecule has 0 amide bonds. The third kappa shape index (κ3) is 6.80. The number of halogens is 1. The summed E-state index contributed by atoms with van der Waals surface area (Å²) in [6.45, 7) is 11.3. The zero-order chi connectivity index (χ0) is 20.5. The fraction of sp³-hybridized carbons (Fsp3) is 0.550. The molecule has 8 heteroatoms. The first-order chi connectivity index (χ1) is 13.4. The second-order valence-corrected chi connectivity index (χ2v) is 7.56. The van der Waals surface area contributed by atoms with E-state index in [2.05, 4.69) is 58.4 Å². The van der Waals surface area contributed by atoms with Gasteiger partial charge in [0.1, 0.15) is 0 Å². The van der Waals surface area contributed by atoms with Crippen LogP contribution in [0.5, 0.6) is 0 Å². The van der Waals surface area contributed by atoms with Gasteiger partial charge in [-0.15, -0.1) is 0 Å². The lowest BCUT2D eigenvalue weighted by molar-refractivity contribution is 0.178. The van der Waals surface area contributed by atoms with Gasteiger partial charge in [0.2, 0.25) is 11.7 Å². The van der Waals surface area contributed by atoms with Crippen LogP contribution in [-0.2, 0) is 6.42 Å². The van der Waals surface area contributed by atoms with Gasteiger partial charge in [0.05, 0.1) is 0 Å². The standard InChI is InChI=1S/C20H31ClN6O/c1-14(2)27(15(3)4)12-11-24-20(22-5)23-10-9-18-25-19(26-28-18)16-7-6-8-17(21)13-16/h6-8,13-15H,9-12H2,1-5H3,(H2,22,23,24). The topological polar surface area (TPSA) is 78.6 Å². The predicted octanol–water partition coefficient (Wildman–Crippen LogP) is 3.22. The van der Waals surface area contributed by atoms with Crippen LogP contribution in [0.1, 0.15) is 33.6 Å². The third-order valence-corrected chi connectivity index (χ3v) is 4.63. The molecule has 0 fully saturated rings. The highest BCUT2D eigenvalue weighted by Crippen LogP contribution is 2.19. The van der Waals surface area contributed by atoms with E-state index in [1.807, 2.05) is 24.3 Å². The summed E-state index contributed by atoms with van der Waals surface area (Å²) in [7, 11) is 1.77. The summed E-state index contributed by atoms with van der Waals surface area (Å²) in [4.78, 5) is 11.1. The Kier molecular flexibility index (Phi) is 8.73. The van der Waals surface area contributed by atoms with Crippen molar-refractivity contribution in [1.82, 2.24) is 25.7 Å². The Labute approximate surface area is 172 Å². The molecule has 1 heterocycles. The Hall–Kier alpha value is -2.12. The SMILES string of the molecule is CN=C(NCCc1nc(-c2cccc(Cl)c2)no1)NCCN(C(C)C)C(C)C. The third-order valence-electron chi connectivity index (χ3n) is 4.39. The second kappa shape index (κ2) is 11.0. The minimum atomic E-state index is 0.517. The van der Waals surface area contributed by atoms with Gasteiger partial charge >= 0.3 is 0 Å². The van der Waals surface area contributed by atoms with Crippen molar-refractivity contribution in [2.24, 2.45) is 4.99 Å². The van der Waals surface area contributed by atoms with E-state index in [4.69, 9.17) is 16.1 Å². The summed E-state index contributed by atoms with van der Waals surface area (Å²) in [5.41, 5.74) is 0.841. The van der Waals surface area contributed by atoms with Crippen molar-refractivity contribution in [3.05, 3.63) is 35.2 Å².